The molecule has 6 heteroatoms. The number of amides is 1. The Morgan fingerprint density at radius 3 is 2.88 bits per heavy atom. The number of aliphatic carboxylic acids is 1. The Kier molecular flexibility index (Phi) is 4.30. The van der Waals surface area contributed by atoms with E-state index in [1.165, 1.54) is 11.0 Å². The lowest BCUT2D eigenvalue weighted by molar-refractivity contribution is -0.161. The summed E-state index contributed by atoms with van der Waals surface area (Å²) < 4.78 is 9.99. The fourth-order valence-electron chi connectivity index (χ4n) is 1.46. The first-order chi connectivity index (χ1) is 7.54. The van der Waals surface area contributed by atoms with Crippen LogP contribution in [0.2, 0.25) is 0 Å². The summed E-state index contributed by atoms with van der Waals surface area (Å²) in [6.07, 6.45) is -0.385. The number of carboxylic acid groups (broad SMARTS) is 1. The monoisotopic (exact) mass is 229 g/mol. The maximum Gasteiger partial charge on any atom is 0.410 e. The number of carboxylic acids is 1. The lowest BCUT2D eigenvalue weighted by atomic mass is 10.2. The highest BCUT2D eigenvalue weighted by Crippen LogP contribution is 2.12. The van der Waals surface area contributed by atoms with Crippen LogP contribution in [0.5, 0.6) is 0 Å². The number of morpholine rings is 1. The van der Waals surface area contributed by atoms with E-state index in [0.29, 0.717) is 6.54 Å². The zero-order valence-corrected chi connectivity index (χ0v) is 9.09. The van der Waals surface area contributed by atoms with Gasteiger partial charge in [0.2, 0.25) is 0 Å². The van der Waals surface area contributed by atoms with Crippen molar-refractivity contribution < 1.29 is 24.2 Å². The summed E-state index contributed by atoms with van der Waals surface area (Å²) in [6.45, 7) is 5.59. The molecule has 1 rings (SSSR count). The van der Waals surface area contributed by atoms with Gasteiger partial charge in [-0.25, -0.2) is 9.59 Å². The van der Waals surface area contributed by atoms with Crippen molar-refractivity contribution in [2.24, 2.45) is 0 Å². The second-order valence-electron chi connectivity index (χ2n) is 3.54. The first-order valence-electron chi connectivity index (χ1n) is 4.95. The van der Waals surface area contributed by atoms with Crippen molar-refractivity contribution in [1.82, 2.24) is 4.90 Å². The van der Waals surface area contributed by atoms with Gasteiger partial charge in [-0.15, -0.1) is 0 Å². The number of carbonyl (C=O) groups excluding carboxylic acids is 1. The van der Waals surface area contributed by atoms with E-state index >= 15 is 0 Å². The normalized spacial score (nSPS) is 24.9. The van der Waals surface area contributed by atoms with Gasteiger partial charge < -0.3 is 19.5 Å². The maximum atomic E-state index is 11.5. The third kappa shape index (κ3) is 3.23. The number of rotatable bonds is 3. The van der Waals surface area contributed by atoms with Crippen LogP contribution in [0.15, 0.2) is 12.7 Å². The molecule has 0 radical (unpaired) electrons. The van der Waals surface area contributed by atoms with Crippen molar-refractivity contribution in [3.05, 3.63) is 12.7 Å². The Balaban J connectivity index is 2.56. The molecule has 1 fully saturated rings. The van der Waals surface area contributed by atoms with Crippen LogP contribution in [0.25, 0.3) is 0 Å². The van der Waals surface area contributed by atoms with Crippen molar-refractivity contribution >= 4 is 12.1 Å². The van der Waals surface area contributed by atoms with Gasteiger partial charge in [0.15, 0.2) is 6.10 Å². The van der Waals surface area contributed by atoms with E-state index in [1.54, 1.807) is 6.92 Å². The lowest BCUT2D eigenvalue weighted by Gasteiger charge is -2.34. The minimum Gasteiger partial charge on any atom is -0.479 e. The van der Waals surface area contributed by atoms with Gasteiger partial charge >= 0.3 is 12.1 Å². The van der Waals surface area contributed by atoms with Crippen molar-refractivity contribution in [2.45, 2.75) is 19.1 Å². The Morgan fingerprint density at radius 2 is 2.31 bits per heavy atom. The molecule has 1 aliphatic heterocycles. The summed E-state index contributed by atoms with van der Waals surface area (Å²) in [5.74, 6) is -1.08. The lowest BCUT2D eigenvalue weighted by Crippen LogP contribution is -2.51. The molecular formula is C10H15NO5. The van der Waals surface area contributed by atoms with Crippen molar-refractivity contribution in [3.63, 3.8) is 0 Å². The molecular weight excluding hydrogens is 214 g/mol. The maximum absolute atomic E-state index is 11.5. The fourth-order valence-corrected chi connectivity index (χ4v) is 1.46. The molecule has 2 atom stereocenters. The predicted octanol–water partition coefficient (Wildman–Crippen LogP) is 0.483. The number of hydrogen-bond acceptors (Lipinski definition) is 4. The highest BCUT2D eigenvalue weighted by molar-refractivity contribution is 5.75. The van der Waals surface area contributed by atoms with E-state index in [9.17, 15) is 9.59 Å². The predicted molar refractivity (Wildman–Crippen MR) is 55.1 cm³/mol. The summed E-state index contributed by atoms with van der Waals surface area (Å²) in [6, 6.07) is 0. The smallest absolute Gasteiger partial charge is 0.410 e. The molecule has 0 aromatic rings. The summed E-state index contributed by atoms with van der Waals surface area (Å²) in [5.41, 5.74) is 0. The molecule has 0 unspecified atom stereocenters. The van der Waals surface area contributed by atoms with E-state index in [2.05, 4.69) is 6.58 Å². The van der Waals surface area contributed by atoms with Gasteiger partial charge in [-0.1, -0.05) is 12.7 Å². The van der Waals surface area contributed by atoms with Gasteiger partial charge in [-0.05, 0) is 6.92 Å². The summed E-state index contributed by atoms with van der Waals surface area (Å²) >= 11 is 0. The second kappa shape index (κ2) is 5.50. The van der Waals surface area contributed by atoms with E-state index < -0.39 is 18.2 Å². The van der Waals surface area contributed by atoms with Crippen molar-refractivity contribution in [1.29, 1.82) is 0 Å². The van der Waals surface area contributed by atoms with Crippen LogP contribution in [0, 0.1) is 0 Å². The Morgan fingerprint density at radius 1 is 1.62 bits per heavy atom. The molecule has 90 valence electrons. The highest BCUT2D eigenvalue weighted by atomic mass is 16.6. The zero-order chi connectivity index (χ0) is 12.1. The molecule has 6 nitrogen and oxygen atoms in total. The molecule has 1 amide bonds. The Bertz CT molecular complexity index is 291. The molecule has 1 N–H and O–H groups in total. The molecule has 0 aromatic carbocycles. The van der Waals surface area contributed by atoms with Crippen LogP contribution in [0.3, 0.4) is 0 Å². The summed E-state index contributed by atoms with van der Waals surface area (Å²) in [4.78, 5) is 23.6. The van der Waals surface area contributed by atoms with Crippen LogP contribution in [-0.2, 0) is 14.3 Å². The van der Waals surface area contributed by atoms with Crippen LogP contribution in [-0.4, -0.2) is 54.0 Å². The van der Waals surface area contributed by atoms with Crippen LogP contribution >= 0.6 is 0 Å². The van der Waals surface area contributed by atoms with Gasteiger partial charge in [-0.2, -0.15) is 0 Å². The number of nitrogens with zero attached hydrogens (tertiary/aromatic N) is 1. The third-order valence-corrected chi connectivity index (χ3v) is 2.12. The quantitative estimate of drug-likeness (QED) is 0.712. The van der Waals surface area contributed by atoms with E-state index in [-0.39, 0.29) is 19.3 Å². The van der Waals surface area contributed by atoms with Crippen LogP contribution < -0.4 is 0 Å². The van der Waals surface area contributed by atoms with Gasteiger partial charge in [0.25, 0.3) is 0 Å². The third-order valence-electron chi connectivity index (χ3n) is 2.12. The molecule has 0 aromatic heterocycles. The van der Waals surface area contributed by atoms with E-state index in [4.69, 9.17) is 14.6 Å². The molecule has 1 heterocycles. The summed E-state index contributed by atoms with van der Waals surface area (Å²) in [5, 5.41) is 8.81. The Labute approximate surface area is 93.4 Å². The zero-order valence-electron chi connectivity index (χ0n) is 9.09. The van der Waals surface area contributed by atoms with Gasteiger partial charge in [0, 0.05) is 0 Å². The van der Waals surface area contributed by atoms with Crippen molar-refractivity contribution in [2.75, 3.05) is 19.7 Å². The molecule has 0 spiro atoms. The fraction of sp³-hybridized carbons (Fsp3) is 0.600. The van der Waals surface area contributed by atoms with Gasteiger partial charge in [0.1, 0.15) is 6.61 Å². The molecule has 16 heavy (non-hydrogen) atoms. The molecule has 0 saturated carbocycles. The minimum atomic E-state index is -1.08. The average Bonchev–Trinajstić information content (AvgIpc) is 2.24. The topological polar surface area (TPSA) is 76.1 Å². The SMILES string of the molecule is C=CCOC(=O)N1C[C@@H](C)O[C@@H](C(=O)O)C1. The van der Waals surface area contributed by atoms with Crippen molar-refractivity contribution in [3.8, 4) is 0 Å². The van der Waals surface area contributed by atoms with Gasteiger partial charge in [-0.3, -0.25) is 0 Å². The molecule has 0 bridgehead atoms. The Hall–Kier alpha value is -1.56. The number of ether oxygens (including phenoxy) is 2. The first-order valence-corrected chi connectivity index (χ1v) is 4.95. The summed E-state index contributed by atoms with van der Waals surface area (Å²) in [7, 11) is 0. The first kappa shape index (κ1) is 12.5. The van der Waals surface area contributed by atoms with E-state index in [1.807, 2.05) is 0 Å². The highest BCUT2D eigenvalue weighted by Gasteiger charge is 2.33. The van der Waals surface area contributed by atoms with Crippen LogP contribution in [0.1, 0.15) is 6.92 Å². The van der Waals surface area contributed by atoms with Gasteiger partial charge in [0.05, 0.1) is 19.2 Å². The average molecular weight is 229 g/mol. The van der Waals surface area contributed by atoms with Crippen LogP contribution in [0.4, 0.5) is 4.79 Å². The standard InChI is InChI=1S/C10H15NO5/c1-3-4-15-10(14)11-5-7(2)16-8(6-11)9(12)13/h3,7-8H,1,4-6H2,2H3,(H,12,13)/t7-,8-/m1/s1. The second-order valence-corrected chi connectivity index (χ2v) is 3.54. The molecule has 1 saturated heterocycles. The van der Waals surface area contributed by atoms with E-state index in [0.717, 1.165) is 0 Å². The molecule has 0 aliphatic carbocycles. The minimum absolute atomic E-state index is 0.00957. The number of carbonyl (C=O) groups is 2. The largest absolute Gasteiger partial charge is 0.479 e. The number of hydrogen-bond donors (Lipinski definition) is 1. The molecule has 1 aliphatic rings.